The number of fused-ring (bicyclic) bond motifs is 1. The Morgan fingerprint density at radius 3 is 2.94 bits per heavy atom. The molecule has 160 valence electrons. The molecule has 1 aliphatic heterocycles. The van der Waals surface area contributed by atoms with Gasteiger partial charge in [0.15, 0.2) is 5.82 Å². The fourth-order valence-corrected chi connectivity index (χ4v) is 3.78. The minimum Gasteiger partial charge on any atom is -0.465 e. The molecule has 2 N–H and O–H groups in total. The zero-order valence-corrected chi connectivity index (χ0v) is 17.5. The largest absolute Gasteiger partial charge is 0.465 e. The highest BCUT2D eigenvalue weighted by molar-refractivity contribution is 6.30. The fourth-order valence-electron chi connectivity index (χ4n) is 3.57. The van der Waals surface area contributed by atoms with E-state index in [4.69, 9.17) is 16.7 Å². The maximum Gasteiger partial charge on any atom is 0.404 e. The van der Waals surface area contributed by atoms with E-state index < -0.39 is 6.09 Å². The lowest BCUT2D eigenvalue weighted by Gasteiger charge is -2.15. The molecular formula is C20H20ClN7O3. The van der Waals surface area contributed by atoms with Crippen LogP contribution in [0.5, 0.6) is 0 Å². The third kappa shape index (κ3) is 4.19. The SMILES string of the molecule is CCCn1cnnc1-c1cccc(N2Cc3c(cc(Cl)nc3CCNC(=O)O)C2=O)n1. The second kappa shape index (κ2) is 8.68. The van der Waals surface area contributed by atoms with Crippen LogP contribution in [0.3, 0.4) is 0 Å². The summed E-state index contributed by atoms with van der Waals surface area (Å²) in [6.45, 7) is 3.28. The van der Waals surface area contributed by atoms with Gasteiger partial charge in [0, 0.05) is 36.3 Å². The summed E-state index contributed by atoms with van der Waals surface area (Å²) in [7, 11) is 0. The van der Waals surface area contributed by atoms with Gasteiger partial charge in [0.2, 0.25) is 0 Å². The average molecular weight is 442 g/mol. The monoisotopic (exact) mass is 441 g/mol. The molecule has 0 bridgehead atoms. The molecule has 10 nitrogen and oxygen atoms in total. The van der Waals surface area contributed by atoms with Crippen molar-refractivity contribution in [3.05, 3.63) is 52.6 Å². The molecule has 0 aliphatic carbocycles. The zero-order chi connectivity index (χ0) is 22.0. The summed E-state index contributed by atoms with van der Waals surface area (Å²) in [5, 5.41) is 19.4. The average Bonchev–Trinajstić information content (AvgIpc) is 3.33. The summed E-state index contributed by atoms with van der Waals surface area (Å²) in [6.07, 6.45) is 1.80. The minimum atomic E-state index is -1.12. The molecule has 0 unspecified atom stereocenters. The van der Waals surface area contributed by atoms with Crippen molar-refractivity contribution in [3.63, 3.8) is 0 Å². The summed E-state index contributed by atoms with van der Waals surface area (Å²) in [5.74, 6) is 0.889. The number of aryl methyl sites for hydroxylation is 1. The van der Waals surface area contributed by atoms with Gasteiger partial charge in [-0.1, -0.05) is 24.6 Å². The van der Waals surface area contributed by atoms with Gasteiger partial charge in [0.1, 0.15) is 23.0 Å². The molecule has 4 rings (SSSR count). The lowest BCUT2D eigenvalue weighted by molar-refractivity contribution is 0.0995. The van der Waals surface area contributed by atoms with Crippen LogP contribution < -0.4 is 10.2 Å². The van der Waals surface area contributed by atoms with Crippen molar-refractivity contribution in [3.8, 4) is 11.5 Å². The van der Waals surface area contributed by atoms with Gasteiger partial charge in [0.25, 0.3) is 5.91 Å². The van der Waals surface area contributed by atoms with E-state index in [1.807, 2.05) is 16.7 Å². The number of carboxylic acid groups (broad SMARTS) is 1. The molecule has 0 atom stereocenters. The van der Waals surface area contributed by atoms with Gasteiger partial charge in [-0.15, -0.1) is 10.2 Å². The second-order valence-corrected chi connectivity index (χ2v) is 7.41. The third-order valence-electron chi connectivity index (χ3n) is 4.93. The van der Waals surface area contributed by atoms with Crippen LogP contribution in [0, 0.1) is 0 Å². The van der Waals surface area contributed by atoms with E-state index in [0.717, 1.165) is 18.5 Å². The number of anilines is 1. The Labute approximate surface area is 182 Å². The van der Waals surface area contributed by atoms with Crippen LogP contribution in [0.2, 0.25) is 5.15 Å². The van der Waals surface area contributed by atoms with E-state index in [9.17, 15) is 9.59 Å². The first-order chi connectivity index (χ1) is 15.0. The molecule has 1 aliphatic rings. The van der Waals surface area contributed by atoms with Crippen LogP contribution >= 0.6 is 11.6 Å². The fraction of sp³-hybridized carbons (Fsp3) is 0.300. The predicted molar refractivity (Wildman–Crippen MR) is 113 cm³/mol. The van der Waals surface area contributed by atoms with Gasteiger partial charge in [-0.05, 0) is 24.6 Å². The lowest BCUT2D eigenvalue weighted by atomic mass is 10.1. The molecule has 0 radical (unpaired) electrons. The Morgan fingerprint density at radius 1 is 1.32 bits per heavy atom. The van der Waals surface area contributed by atoms with Crippen LogP contribution in [0.4, 0.5) is 10.6 Å². The number of nitrogens with one attached hydrogen (secondary N) is 1. The number of halogens is 1. The summed E-state index contributed by atoms with van der Waals surface area (Å²) < 4.78 is 1.92. The highest BCUT2D eigenvalue weighted by Gasteiger charge is 2.32. The number of rotatable bonds is 7. The molecule has 0 saturated carbocycles. The summed E-state index contributed by atoms with van der Waals surface area (Å²) in [5.41, 5.74) is 2.38. The molecule has 31 heavy (non-hydrogen) atoms. The normalized spacial score (nSPS) is 12.8. The number of hydrogen-bond donors (Lipinski definition) is 2. The van der Waals surface area contributed by atoms with E-state index >= 15 is 0 Å². The smallest absolute Gasteiger partial charge is 0.404 e. The predicted octanol–water partition coefficient (Wildman–Crippen LogP) is 2.77. The van der Waals surface area contributed by atoms with Crippen molar-refractivity contribution in [2.45, 2.75) is 32.9 Å². The van der Waals surface area contributed by atoms with Crippen molar-refractivity contribution < 1.29 is 14.7 Å². The Hall–Kier alpha value is -3.53. The Bertz CT molecular complexity index is 1150. The van der Waals surface area contributed by atoms with Crippen LogP contribution in [0.15, 0.2) is 30.6 Å². The number of carbonyl (C=O) groups excluding carboxylic acids is 1. The molecule has 11 heteroatoms. The number of aromatic nitrogens is 5. The van der Waals surface area contributed by atoms with Gasteiger partial charge in [-0.2, -0.15) is 0 Å². The van der Waals surface area contributed by atoms with Crippen molar-refractivity contribution in [2.24, 2.45) is 0 Å². The summed E-state index contributed by atoms with van der Waals surface area (Å²) >= 11 is 6.12. The summed E-state index contributed by atoms with van der Waals surface area (Å²) in [6, 6.07) is 6.94. The first-order valence-corrected chi connectivity index (χ1v) is 10.2. The van der Waals surface area contributed by atoms with Crippen molar-refractivity contribution >= 4 is 29.4 Å². The van der Waals surface area contributed by atoms with Gasteiger partial charge in [0.05, 0.1) is 6.54 Å². The minimum absolute atomic E-state index is 0.171. The Morgan fingerprint density at radius 2 is 2.16 bits per heavy atom. The van der Waals surface area contributed by atoms with Crippen molar-refractivity contribution in [1.29, 1.82) is 0 Å². The quantitative estimate of drug-likeness (QED) is 0.540. The van der Waals surface area contributed by atoms with Crippen LogP contribution in [0.25, 0.3) is 11.5 Å². The maximum absolute atomic E-state index is 13.1. The van der Waals surface area contributed by atoms with Gasteiger partial charge in [-0.25, -0.2) is 14.8 Å². The second-order valence-electron chi connectivity index (χ2n) is 7.02. The van der Waals surface area contributed by atoms with E-state index in [1.165, 1.54) is 6.07 Å². The number of hydrogen-bond acceptors (Lipinski definition) is 6. The third-order valence-corrected chi connectivity index (χ3v) is 5.12. The molecule has 0 spiro atoms. The lowest BCUT2D eigenvalue weighted by Crippen LogP contribution is -2.24. The first kappa shape index (κ1) is 20.7. The van der Waals surface area contributed by atoms with E-state index in [0.29, 0.717) is 35.0 Å². The van der Waals surface area contributed by atoms with Crippen molar-refractivity contribution in [1.82, 2.24) is 30.0 Å². The van der Waals surface area contributed by atoms with E-state index in [-0.39, 0.29) is 24.1 Å². The highest BCUT2D eigenvalue weighted by atomic mass is 35.5. The summed E-state index contributed by atoms with van der Waals surface area (Å²) in [4.78, 5) is 34.4. The van der Waals surface area contributed by atoms with E-state index in [2.05, 4.69) is 32.4 Å². The van der Waals surface area contributed by atoms with Crippen LogP contribution in [-0.2, 0) is 19.5 Å². The van der Waals surface area contributed by atoms with Crippen molar-refractivity contribution in [2.75, 3.05) is 11.4 Å². The topological polar surface area (TPSA) is 126 Å². The molecule has 4 heterocycles. The zero-order valence-electron chi connectivity index (χ0n) is 16.7. The molecule has 0 aromatic carbocycles. The number of carbonyl (C=O) groups is 2. The molecule has 3 aromatic rings. The standard InChI is InChI=1S/C20H20ClN7O3/c1-2-8-27-11-23-26-18(27)15-4-3-5-17(25-15)28-10-13-12(19(28)29)9-16(21)24-14(13)6-7-22-20(30)31/h3-5,9,11,22H,2,6-8,10H2,1H3,(H,30,31). The number of amides is 2. The van der Waals surface area contributed by atoms with Gasteiger partial charge >= 0.3 is 6.09 Å². The highest BCUT2D eigenvalue weighted by Crippen LogP contribution is 2.31. The van der Waals surface area contributed by atoms with Gasteiger partial charge < -0.3 is 15.0 Å². The molecule has 0 saturated heterocycles. The number of pyridine rings is 2. The Balaban J connectivity index is 1.63. The molecule has 2 amide bonds. The van der Waals surface area contributed by atoms with Crippen LogP contribution in [0.1, 0.15) is 35.0 Å². The maximum atomic E-state index is 13.1. The molecule has 0 fully saturated rings. The van der Waals surface area contributed by atoms with Gasteiger partial charge in [-0.3, -0.25) is 9.69 Å². The molecular weight excluding hydrogens is 422 g/mol. The Kier molecular flexibility index (Phi) is 5.81. The molecule has 3 aromatic heterocycles. The van der Waals surface area contributed by atoms with Crippen LogP contribution in [-0.4, -0.2) is 48.4 Å². The van der Waals surface area contributed by atoms with E-state index in [1.54, 1.807) is 17.3 Å². The first-order valence-electron chi connectivity index (χ1n) is 9.80. The number of nitrogens with zero attached hydrogens (tertiary/aromatic N) is 6.